The molecule has 0 saturated carbocycles. The van der Waals surface area contributed by atoms with Crippen molar-refractivity contribution in [1.29, 1.82) is 0 Å². The van der Waals surface area contributed by atoms with Crippen molar-refractivity contribution in [3.63, 3.8) is 0 Å². The molecule has 0 bridgehead atoms. The minimum atomic E-state index is -0.775. The molecule has 0 fully saturated rings. The summed E-state index contributed by atoms with van der Waals surface area (Å²) in [6.07, 6.45) is 0. The number of aryl methyl sites for hydroxylation is 1. The van der Waals surface area contributed by atoms with E-state index < -0.39 is 5.60 Å². The number of likely N-dealkylation sites (N-methyl/N-ethyl adjacent to an activating group) is 1. The summed E-state index contributed by atoms with van der Waals surface area (Å²) in [6, 6.07) is 7.96. The summed E-state index contributed by atoms with van der Waals surface area (Å²) in [5, 5.41) is 13.0. The highest BCUT2D eigenvalue weighted by atomic mass is 16.3. The number of benzene rings is 1. The average molecular weight is 179 g/mol. The minimum absolute atomic E-state index is 0.566. The van der Waals surface area contributed by atoms with Gasteiger partial charge in [-0.2, -0.15) is 0 Å². The summed E-state index contributed by atoms with van der Waals surface area (Å²) in [4.78, 5) is 0. The Morgan fingerprint density at radius 2 is 1.85 bits per heavy atom. The van der Waals surface area contributed by atoms with Gasteiger partial charge < -0.3 is 10.4 Å². The fourth-order valence-corrected chi connectivity index (χ4v) is 1.36. The first-order valence-corrected chi connectivity index (χ1v) is 4.50. The van der Waals surface area contributed by atoms with E-state index in [0.717, 1.165) is 5.56 Å². The quantitative estimate of drug-likeness (QED) is 0.735. The van der Waals surface area contributed by atoms with E-state index in [0.29, 0.717) is 6.54 Å². The maximum absolute atomic E-state index is 10.0. The molecule has 0 amide bonds. The zero-order chi connectivity index (χ0) is 9.90. The van der Waals surface area contributed by atoms with Crippen LogP contribution in [-0.2, 0) is 5.60 Å². The van der Waals surface area contributed by atoms with Gasteiger partial charge in [-0.1, -0.05) is 29.8 Å². The van der Waals surface area contributed by atoms with Gasteiger partial charge in [-0.3, -0.25) is 0 Å². The maximum Gasteiger partial charge on any atom is 0.0992 e. The predicted octanol–water partition coefficient (Wildman–Crippen LogP) is 1.42. The molecular formula is C11H17NO. The van der Waals surface area contributed by atoms with Gasteiger partial charge in [-0.05, 0) is 26.5 Å². The van der Waals surface area contributed by atoms with Crippen LogP contribution >= 0.6 is 0 Å². The SMILES string of the molecule is CNCC(C)(O)c1ccc(C)cc1. The van der Waals surface area contributed by atoms with Gasteiger partial charge in [0.05, 0.1) is 5.60 Å². The normalized spacial score (nSPS) is 15.4. The first-order chi connectivity index (χ1) is 6.06. The molecule has 0 heterocycles. The molecule has 1 aromatic rings. The molecule has 0 radical (unpaired) electrons. The van der Waals surface area contributed by atoms with Gasteiger partial charge in [-0.25, -0.2) is 0 Å². The molecule has 2 N–H and O–H groups in total. The topological polar surface area (TPSA) is 32.3 Å². The van der Waals surface area contributed by atoms with E-state index in [1.807, 2.05) is 45.2 Å². The second kappa shape index (κ2) is 3.90. The van der Waals surface area contributed by atoms with Crippen LogP contribution in [0.5, 0.6) is 0 Å². The molecule has 0 saturated heterocycles. The fraction of sp³-hybridized carbons (Fsp3) is 0.455. The van der Waals surface area contributed by atoms with Crippen molar-refractivity contribution in [2.24, 2.45) is 0 Å². The molecule has 0 spiro atoms. The Hall–Kier alpha value is -0.860. The summed E-state index contributed by atoms with van der Waals surface area (Å²) in [5.41, 5.74) is 1.39. The summed E-state index contributed by atoms with van der Waals surface area (Å²) < 4.78 is 0. The van der Waals surface area contributed by atoms with Crippen molar-refractivity contribution in [1.82, 2.24) is 5.32 Å². The zero-order valence-corrected chi connectivity index (χ0v) is 8.46. The van der Waals surface area contributed by atoms with Crippen LogP contribution in [-0.4, -0.2) is 18.7 Å². The first-order valence-electron chi connectivity index (χ1n) is 4.50. The smallest absolute Gasteiger partial charge is 0.0992 e. The molecule has 1 unspecified atom stereocenters. The molecule has 2 heteroatoms. The van der Waals surface area contributed by atoms with E-state index in [9.17, 15) is 5.11 Å². The molecular weight excluding hydrogens is 162 g/mol. The van der Waals surface area contributed by atoms with E-state index in [1.165, 1.54) is 5.56 Å². The number of nitrogens with one attached hydrogen (secondary N) is 1. The van der Waals surface area contributed by atoms with Crippen molar-refractivity contribution in [2.75, 3.05) is 13.6 Å². The van der Waals surface area contributed by atoms with E-state index in [1.54, 1.807) is 0 Å². The van der Waals surface area contributed by atoms with Crippen LogP contribution in [0.15, 0.2) is 24.3 Å². The van der Waals surface area contributed by atoms with Gasteiger partial charge in [0, 0.05) is 6.54 Å². The maximum atomic E-state index is 10.0. The molecule has 72 valence electrons. The lowest BCUT2D eigenvalue weighted by Crippen LogP contribution is -2.33. The third kappa shape index (κ3) is 2.54. The molecule has 1 atom stereocenters. The van der Waals surface area contributed by atoms with Gasteiger partial charge in [0.25, 0.3) is 0 Å². The summed E-state index contributed by atoms with van der Waals surface area (Å²) in [7, 11) is 1.84. The first kappa shape index (κ1) is 10.2. The second-order valence-corrected chi connectivity index (χ2v) is 3.67. The van der Waals surface area contributed by atoms with Crippen molar-refractivity contribution >= 4 is 0 Å². The van der Waals surface area contributed by atoms with Gasteiger partial charge in [0.15, 0.2) is 0 Å². The van der Waals surface area contributed by atoms with E-state index in [-0.39, 0.29) is 0 Å². The monoisotopic (exact) mass is 179 g/mol. The second-order valence-electron chi connectivity index (χ2n) is 3.67. The van der Waals surface area contributed by atoms with Gasteiger partial charge in [0.2, 0.25) is 0 Å². The molecule has 0 aromatic heterocycles. The van der Waals surface area contributed by atoms with Crippen LogP contribution in [0.25, 0.3) is 0 Å². The highest BCUT2D eigenvalue weighted by molar-refractivity contribution is 5.26. The Kier molecular flexibility index (Phi) is 3.07. The molecule has 0 aliphatic rings. The Balaban J connectivity index is 2.87. The Labute approximate surface area is 79.6 Å². The lowest BCUT2D eigenvalue weighted by molar-refractivity contribution is 0.0591. The van der Waals surface area contributed by atoms with Gasteiger partial charge in [0.1, 0.15) is 0 Å². The number of hydrogen-bond donors (Lipinski definition) is 2. The third-order valence-corrected chi connectivity index (χ3v) is 2.19. The largest absolute Gasteiger partial charge is 0.384 e. The molecule has 0 aliphatic heterocycles. The number of aliphatic hydroxyl groups is 1. The lowest BCUT2D eigenvalue weighted by atomic mass is 9.95. The molecule has 13 heavy (non-hydrogen) atoms. The van der Waals surface area contributed by atoms with Crippen LogP contribution in [0.3, 0.4) is 0 Å². The standard InChI is InChI=1S/C11H17NO/c1-9-4-6-10(7-5-9)11(2,13)8-12-3/h4-7,12-13H,8H2,1-3H3. The van der Waals surface area contributed by atoms with Gasteiger partial charge in [-0.15, -0.1) is 0 Å². The van der Waals surface area contributed by atoms with Gasteiger partial charge >= 0.3 is 0 Å². The van der Waals surface area contributed by atoms with Crippen molar-refractivity contribution < 1.29 is 5.11 Å². The van der Waals surface area contributed by atoms with Crippen LogP contribution in [0.1, 0.15) is 18.1 Å². The number of rotatable bonds is 3. The molecule has 1 rings (SSSR count). The zero-order valence-electron chi connectivity index (χ0n) is 8.46. The molecule has 2 nitrogen and oxygen atoms in total. The predicted molar refractivity (Wildman–Crippen MR) is 54.7 cm³/mol. The highest BCUT2D eigenvalue weighted by Crippen LogP contribution is 2.19. The van der Waals surface area contributed by atoms with Crippen LogP contribution in [0.2, 0.25) is 0 Å². The van der Waals surface area contributed by atoms with Crippen LogP contribution < -0.4 is 5.32 Å². The molecule has 0 aliphatic carbocycles. The number of hydrogen-bond acceptors (Lipinski definition) is 2. The Bertz CT molecular complexity index is 264. The van der Waals surface area contributed by atoms with Crippen LogP contribution in [0.4, 0.5) is 0 Å². The lowest BCUT2D eigenvalue weighted by Gasteiger charge is -2.23. The minimum Gasteiger partial charge on any atom is -0.384 e. The Morgan fingerprint density at radius 1 is 1.31 bits per heavy atom. The van der Waals surface area contributed by atoms with Crippen molar-refractivity contribution in [3.05, 3.63) is 35.4 Å². The van der Waals surface area contributed by atoms with Crippen molar-refractivity contribution in [3.8, 4) is 0 Å². The van der Waals surface area contributed by atoms with Crippen LogP contribution in [0, 0.1) is 6.92 Å². The van der Waals surface area contributed by atoms with E-state index in [2.05, 4.69) is 5.32 Å². The van der Waals surface area contributed by atoms with E-state index in [4.69, 9.17) is 0 Å². The third-order valence-electron chi connectivity index (χ3n) is 2.19. The Morgan fingerprint density at radius 3 is 2.31 bits per heavy atom. The molecule has 1 aromatic carbocycles. The fourth-order valence-electron chi connectivity index (χ4n) is 1.36. The summed E-state index contributed by atoms with van der Waals surface area (Å²) >= 11 is 0. The highest BCUT2D eigenvalue weighted by Gasteiger charge is 2.21. The van der Waals surface area contributed by atoms with E-state index >= 15 is 0 Å². The van der Waals surface area contributed by atoms with Crippen molar-refractivity contribution in [2.45, 2.75) is 19.4 Å². The summed E-state index contributed by atoms with van der Waals surface area (Å²) in [5.74, 6) is 0. The summed E-state index contributed by atoms with van der Waals surface area (Å²) in [6.45, 7) is 4.42. The average Bonchev–Trinajstić information content (AvgIpc) is 2.05.